The van der Waals surface area contributed by atoms with Gasteiger partial charge in [-0.25, -0.2) is 0 Å². The van der Waals surface area contributed by atoms with Crippen molar-refractivity contribution in [2.45, 2.75) is 31.7 Å². The Balaban J connectivity index is 1.73. The third-order valence-electron chi connectivity index (χ3n) is 3.05. The quantitative estimate of drug-likeness (QED) is 0.850. The predicted molar refractivity (Wildman–Crippen MR) is 64.6 cm³/mol. The van der Waals surface area contributed by atoms with Crippen LogP contribution in [0, 0.1) is 0 Å². The van der Waals surface area contributed by atoms with Crippen LogP contribution >= 0.6 is 11.3 Å². The predicted octanol–water partition coefficient (Wildman–Crippen LogP) is 2.62. The van der Waals surface area contributed by atoms with Crippen LogP contribution in [-0.2, 0) is 4.74 Å². The van der Waals surface area contributed by atoms with E-state index in [1.165, 1.54) is 5.56 Å². The highest BCUT2D eigenvalue weighted by Crippen LogP contribution is 2.18. The van der Waals surface area contributed by atoms with E-state index in [1.807, 2.05) is 0 Å². The molecular weight excluding hydrogens is 206 g/mol. The number of thiophene rings is 1. The molecule has 2 nitrogen and oxygen atoms in total. The van der Waals surface area contributed by atoms with E-state index >= 15 is 0 Å². The lowest BCUT2D eigenvalue weighted by Gasteiger charge is -2.24. The number of rotatable bonds is 4. The maximum atomic E-state index is 5.34. The molecule has 0 bridgehead atoms. The van der Waals surface area contributed by atoms with E-state index in [0.29, 0.717) is 12.0 Å². The Kier molecular flexibility index (Phi) is 4.18. The minimum absolute atomic E-state index is 0.624. The molecule has 1 unspecified atom stereocenters. The standard InChI is InChI=1S/C12H19NOS/c1-10(11-4-7-15-9-11)8-13-12-2-5-14-6-3-12/h4,7,9-10,12-13H,2-3,5-6,8H2,1H3. The van der Waals surface area contributed by atoms with Crippen LogP contribution in [0.4, 0.5) is 0 Å². The molecule has 0 amide bonds. The van der Waals surface area contributed by atoms with Crippen LogP contribution in [-0.4, -0.2) is 25.8 Å². The fourth-order valence-electron chi connectivity index (χ4n) is 1.92. The summed E-state index contributed by atoms with van der Waals surface area (Å²) in [5.41, 5.74) is 1.46. The van der Waals surface area contributed by atoms with Gasteiger partial charge in [-0.15, -0.1) is 0 Å². The topological polar surface area (TPSA) is 21.3 Å². The summed E-state index contributed by atoms with van der Waals surface area (Å²) in [6, 6.07) is 2.89. The van der Waals surface area contributed by atoms with Crippen molar-refractivity contribution >= 4 is 11.3 Å². The van der Waals surface area contributed by atoms with E-state index in [2.05, 4.69) is 29.1 Å². The first-order chi connectivity index (χ1) is 7.36. The largest absolute Gasteiger partial charge is 0.381 e. The molecule has 1 aliphatic heterocycles. The second-order valence-electron chi connectivity index (χ2n) is 4.25. The summed E-state index contributed by atoms with van der Waals surface area (Å²) in [6.07, 6.45) is 2.33. The van der Waals surface area contributed by atoms with Crippen LogP contribution in [0.25, 0.3) is 0 Å². The molecule has 2 rings (SSSR count). The lowest BCUT2D eigenvalue weighted by Crippen LogP contribution is -2.36. The molecule has 0 spiro atoms. The fourth-order valence-corrected chi connectivity index (χ4v) is 2.70. The second kappa shape index (κ2) is 5.64. The van der Waals surface area contributed by atoms with Crippen molar-refractivity contribution in [2.24, 2.45) is 0 Å². The third kappa shape index (κ3) is 3.30. The molecule has 0 saturated carbocycles. The van der Waals surface area contributed by atoms with Crippen molar-refractivity contribution in [2.75, 3.05) is 19.8 Å². The Bertz CT molecular complexity index is 267. The van der Waals surface area contributed by atoms with Crippen LogP contribution in [0.3, 0.4) is 0 Å². The van der Waals surface area contributed by atoms with E-state index in [0.717, 1.165) is 32.6 Å². The van der Waals surface area contributed by atoms with E-state index < -0.39 is 0 Å². The molecular formula is C12H19NOS. The molecule has 15 heavy (non-hydrogen) atoms. The summed E-state index contributed by atoms with van der Waals surface area (Å²) in [7, 11) is 0. The highest BCUT2D eigenvalue weighted by Gasteiger charge is 2.14. The van der Waals surface area contributed by atoms with Gasteiger partial charge in [0, 0.05) is 25.8 Å². The third-order valence-corrected chi connectivity index (χ3v) is 3.75. The Morgan fingerprint density at radius 1 is 1.53 bits per heavy atom. The van der Waals surface area contributed by atoms with Gasteiger partial charge in [0.2, 0.25) is 0 Å². The molecule has 3 heteroatoms. The molecule has 2 heterocycles. The van der Waals surface area contributed by atoms with Gasteiger partial charge in [0.25, 0.3) is 0 Å². The lowest BCUT2D eigenvalue weighted by atomic mass is 10.0. The first-order valence-corrected chi connectivity index (χ1v) is 6.64. The molecule has 1 fully saturated rings. The summed E-state index contributed by atoms with van der Waals surface area (Å²) in [4.78, 5) is 0. The highest BCUT2D eigenvalue weighted by atomic mass is 32.1. The minimum Gasteiger partial charge on any atom is -0.381 e. The minimum atomic E-state index is 0.624. The average Bonchev–Trinajstić information content (AvgIpc) is 2.81. The molecule has 1 aromatic rings. The Morgan fingerprint density at radius 2 is 2.33 bits per heavy atom. The Hall–Kier alpha value is -0.380. The summed E-state index contributed by atoms with van der Waals surface area (Å²) in [5, 5.41) is 8.03. The van der Waals surface area contributed by atoms with Gasteiger partial charge in [0.1, 0.15) is 0 Å². The van der Waals surface area contributed by atoms with Gasteiger partial charge in [-0.05, 0) is 41.1 Å². The van der Waals surface area contributed by atoms with E-state index in [1.54, 1.807) is 11.3 Å². The Morgan fingerprint density at radius 3 is 3.00 bits per heavy atom. The van der Waals surface area contributed by atoms with Crippen LogP contribution < -0.4 is 5.32 Å². The van der Waals surface area contributed by atoms with Gasteiger partial charge in [0.15, 0.2) is 0 Å². The highest BCUT2D eigenvalue weighted by molar-refractivity contribution is 7.07. The van der Waals surface area contributed by atoms with Crippen LogP contribution in [0.15, 0.2) is 16.8 Å². The SMILES string of the molecule is CC(CNC1CCOCC1)c1ccsc1. The monoisotopic (exact) mass is 225 g/mol. The van der Waals surface area contributed by atoms with Crippen LogP contribution in [0.2, 0.25) is 0 Å². The summed E-state index contributed by atoms with van der Waals surface area (Å²) in [6.45, 7) is 5.21. The molecule has 84 valence electrons. The van der Waals surface area contributed by atoms with Gasteiger partial charge in [-0.3, -0.25) is 0 Å². The molecule has 0 radical (unpaired) electrons. The van der Waals surface area contributed by atoms with Gasteiger partial charge >= 0.3 is 0 Å². The van der Waals surface area contributed by atoms with Crippen LogP contribution in [0.5, 0.6) is 0 Å². The van der Waals surface area contributed by atoms with E-state index in [9.17, 15) is 0 Å². The van der Waals surface area contributed by atoms with Gasteiger partial charge in [-0.2, -0.15) is 11.3 Å². The van der Waals surface area contributed by atoms with Gasteiger partial charge < -0.3 is 10.1 Å². The summed E-state index contributed by atoms with van der Waals surface area (Å²) < 4.78 is 5.34. The first-order valence-electron chi connectivity index (χ1n) is 5.69. The van der Waals surface area contributed by atoms with Crippen molar-refractivity contribution in [1.29, 1.82) is 0 Å². The second-order valence-corrected chi connectivity index (χ2v) is 5.03. The van der Waals surface area contributed by atoms with Crippen LogP contribution in [0.1, 0.15) is 31.2 Å². The fraction of sp³-hybridized carbons (Fsp3) is 0.667. The van der Waals surface area contributed by atoms with Crippen molar-refractivity contribution in [1.82, 2.24) is 5.32 Å². The zero-order chi connectivity index (χ0) is 10.5. The van der Waals surface area contributed by atoms with Gasteiger partial charge in [-0.1, -0.05) is 6.92 Å². The maximum Gasteiger partial charge on any atom is 0.0480 e. The van der Waals surface area contributed by atoms with Crippen molar-refractivity contribution in [3.8, 4) is 0 Å². The van der Waals surface area contributed by atoms with Gasteiger partial charge in [0.05, 0.1) is 0 Å². The molecule has 0 aromatic carbocycles. The molecule has 1 atom stereocenters. The van der Waals surface area contributed by atoms with Crippen molar-refractivity contribution < 1.29 is 4.74 Å². The van der Waals surface area contributed by atoms with E-state index in [4.69, 9.17) is 4.74 Å². The number of hydrogen-bond donors (Lipinski definition) is 1. The summed E-state index contributed by atoms with van der Waals surface area (Å²) >= 11 is 1.78. The lowest BCUT2D eigenvalue weighted by molar-refractivity contribution is 0.0778. The maximum absolute atomic E-state index is 5.34. The zero-order valence-electron chi connectivity index (χ0n) is 9.24. The number of ether oxygens (including phenoxy) is 1. The number of nitrogens with one attached hydrogen (secondary N) is 1. The van der Waals surface area contributed by atoms with Crippen molar-refractivity contribution in [3.05, 3.63) is 22.4 Å². The van der Waals surface area contributed by atoms with Crippen molar-refractivity contribution in [3.63, 3.8) is 0 Å². The summed E-state index contributed by atoms with van der Waals surface area (Å²) in [5.74, 6) is 0.624. The molecule has 1 saturated heterocycles. The zero-order valence-corrected chi connectivity index (χ0v) is 10.1. The smallest absolute Gasteiger partial charge is 0.0480 e. The van der Waals surface area contributed by atoms with E-state index in [-0.39, 0.29) is 0 Å². The number of hydrogen-bond acceptors (Lipinski definition) is 3. The molecule has 1 aliphatic rings. The molecule has 1 N–H and O–H groups in total. The Labute approximate surface area is 95.6 Å². The molecule has 0 aliphatic carbocycles. The molecule has 1 aromatic heterocycles. The normalized spacial score (nSPS) is 20.3. The average molecular weight is 225 g/mol. The first kappa shape index (κ1) is 11.1.